The van der Waals surface area contributed by atoms with Crippen molar-refractivity contribution in [1.82, 2.24) is 15.5 Å². The van der Waals surface area contributed by atoms with Crippen molar-refractivity contribution in [2.45, 2.75) is 44.7 Å². The fraction of sp³-hybridized carbons (Fsp3) is 0.833. The van der Waals surface area contributed by atoms with Gasteiger partial charge < -0.3 is 15.5 Å². The summed E-state index contributed by atoms with van der Waals surface area (Å²) in [7, 11) is 0. The van der Waals surface area contributed by atoms with E-state index in [0.717, 1.165) is 25.9 Å². The average Bonchev–Trinajstić information content (AvgIpc) is 2.32. The van der Waals surface area contributed by atoms with Gasteiger partial charge in [0.05, 0.1) is 12.5 Å². The number of amides is 2. The molecule has 0 aliphatic carbocycles. The number of piperidine rings is 1. The zero-order valence-corrected chi connectivity index (χ0v) is 10.4. The summed E-state index contributed by atoms with van der Waals surface area (Å²) in [6.45, 7) is 4.34. The molecule has 0 aromatic heterocycles. The van der Waals surface area contributed by atoms with Crippen molar-refractivity contribution in [1.29, 1.82) is 0 Å². The third kappa shape index (κ3) is 2.97. The highest BCUT2D eigenvalue weighted by Crippen LogP contribution is 2.17. The van der Waals surface area contributed by atoms with E-state index in [4.69, 9.17) is 0 Å². The second-order valence-electron chi connectivity index (χ2n) is 4.93. The Morgan fingerprint density at radius 2 is 2.24 bits per heavy atom. The minimum atomic E-state index is -0.342. The molecule has 5 heteroatoms. The summed E-state index contributed by atoms with van der Waals surface area (Å²) in [4.78, 5) is 25.6. The zero-order valence-electron chi connectivity index (χ0n) is 10.4. The predicted molar refractivity (Wildman–Crippen MR) is 64.4 cm³/mol. The van der Waals surface area contributed by atoms with Crippen LogP contribution in [0.3, 0.4) is 0 Å². The summed E-state index contributed by atoms with van der Waals surface area (Å²) in [6.07, 6.45) is 3.65. The van der Waals surface area contributed by atoms with Gasteiger partial charge in [-0.2, -0.15) is 0 Å². The predicted octanol–water partition coefficient (Wildman–Crippen LogP) is -0.134. The molecule has 2 fully saturated rings. The molecule has 0 unspecified atom stereocenters. The molecule has 2 aliphatic rings. The van der Waals surface area contributed by atoms with E-state index >= 15 is 0 Å². The van der Waals surface area contributed by atoms with Gasteiger partial charge in [-0.05, 0) is 26.2 Å². The maximum absolute atomic E-state index is 12.1. The molecule has 0 radical (unpaired) electrons. The van der Waals surface area contributed by atoms with Gasteiger partial charge in [0.1, 0.15) is 0 Å². The van der Waals surface area contributed by atoms with Crippen LogP contribution in [-0.4, -0.2) is 48.4 Å². The van der Waals surface area contributed by atoms with Crippen LogP contribution in [0.15, 0.2) is 0 Å². The van der Waals surface area contributed by atoms with Gasteiger partial charge in [0.15, 0.2) is 0 Å². The van der Waals surface area contributed by atoms with Crippen molar-refractivity contribution >= 4 is 11.8 Å². The van der Waals surface area contributed by atoms with Gasteiger partial charge in [-0.3, -0.25) is 9.59 Å². The van der Waals surface area contributed by atoms with Crippen LogP contribution in [0.5, 0.6) is 0 Å². The van der Waals surface area contributed by atoms with Gasteiger partial charge in [0, 0.05) is 25.7 Å². The lowest BCUT2D eigenvalue weighted by molar-refractivity contribution is -0.138. The quantitative estimate of drug-likeness (QED) is 0.705. The second-order valence-corrected chi connectivity index (χ2v) is 4.93. The van der Waals surface area contributed by atoms with Crippen molar-refractivity contribution in [3.8, 4) is 0 Å². The van der Waals surface area contributed by atoms with Crippen LogP contribution < -0.4 is 10.6 Å². The SMILES string of the molecule is C[C@H]1CCCCN1C(=O)C[C@@H]1NCCNC1=O. The molecule has 0 aromatic rings. The first-order chi connectivity index (χ1) is 8.18. The van der Waals surface area contributed by atoms with E-state index in [2.05, 4.69) is 17.6 Å². The number of piperazine rings is 1. The fourth-order valence-corrected chi connectivity index (χ4v) is 2.57. The van der Waals surface area contributed by atoms with Gasteiger partial charge in [-0.25, -0.2) is 0 Å². The maximum Gasteiger partial charge on any atom is 0.237 e. The lowest BCUT2D eigenvalue weighted by Gasteiger charge is -2.35. The number of hydrogen-bond donors (Lipinski definition) is 2. The molecular weight excluding hydrogens is 218 g/mol. The molecule has 5 nitrogen and oxygen atoms in total. The Labute approximate surface area is 102 Å². The Balaban J connectivity index is 1.89. The maximum atomic E-state index is 12.1. The Hall–Kier alpha value is -1.10. The molecule has 2 rings (SSSR count). The minimum absolute atomic E-state index is 0.0470. The van der Waals surface area contributed by atoms with Crippen LogP contribution >= 0.6 is 0 Å². The Morgan fingerprint density at radius 3 is 2.94 bits per heavy atom. The Kier molecular flexibility index (Phi) is 3.99. The van der Waals surface area contributed by atoms with Crippen molar-refractivity contribution in [3.63, 3.8) is 0 Å². The second kappa shape index (κ2) is 5.49. The molecule has 96 valence electrons. The van der Waals surface area contributed by atoms with Crippen LogP contribution in [0.25, 0.3) is 0 Å². The van der Waals surface area contributed by atoms with Gasteiger partial charge in [0.25, 0.3) is 0 Å². The van der Waals surface area contributed by atoms with Crippen molar-refractivity contribution < 1.29 is 9.59 Å². The minimum Gasteiger partial charge on any atom is -0.353 e. The molecule has 2 heterocycles. The normalized spacial score (nSPS) is 29.9. The molecule has 0 saturated carbocycles. The van der Waals surface area contributed by atoms with Crippen LogP contribution in [-0.2, 0) is 9.59 Å². The monoisotopic (exact) mass is 239 g/mol. The molecular formula is C12H21N3O2. The Morgan fingerprint density at radius 1 is 1.41 bits per heavy atom. The Bertz CT molecular complexity index is 306. The molecule has 2 amide bonds. The lowest BCUT2D eigenvalue weighted by Crippen LogP contribution is -2.55. The molecule has 17 heavy (non-hydrogen) atoms. The summed E-state index contributed by atoms with van der Waals surface area (Å²) < 4.78 is 0. The first kappa shape index (κ1) is 12.4. The van der Waals surface area contributed by atoms with Crippen LogP contribution in [0, 0.1) is 0 Å². The number of carbonyl (C=O) groups is 2. The highest BCUT2D eigenvalue weighted by molar-refractivity contribution is 5.88. The van der Waals surface area contributed by atoms with E-state index in [1.54, 1.807) is 0 Å². The largest absolute Gasteiger partial charge is 0.353 e. The van der Waals surface area contributed by atoms with E-state index < -0.39 is 0 Å². The topological polar surface area (TPSA) is 61.4 Å². The van der Waals surface area contributed by atoms with E-state index in [-0.39, 0.29) is 24.3 Å². The summed E-state index contributed by atoms with van der Waals surface area (Å²) >= 11 is 0. The van der Waals surface area contributed by atoms with Crippen molar-refractivity contribution in [3.05, 3.63) is 0 Å². The van der Waals surface area contributed by atoms with E-state index in [1.807, 2.05) is 4.90 Å². The molecule has 2 aliphatic heterocycles. The van der Waals surface area contributed by atoms with Gasteiger partial charge in [-0.15, -0.1) is 0 Å². The molecule has 2 saturated heterocycles. The van der Waals surface area contributed by atoms with Crippen LogP contribution in [0.1, 0.15) is 32.6 Å². The molecule has 0 aromatic carbocycles. The number of likely N-dealkylation sites (tertiary alicyclic amines) is 1. The smallest absolute Gasteiger partial charge is 0.237 e. The molecule has 0 bridgehead atoms. The summed E-state index contributed by atoms with van der Waals surface area (Å²) in [5.74, 6) is 0.0565. The van der Waals surface area contributed by atoms with E-state index in [1.165, 1.54) is 6.42 Å². The molecule has 2 atom stereocenters. The highest BCUT2D eigenvalue weighted by Gasteiger charge is 2.29. The van der Waals surface area contributed by atoms with Gasteiger partial charge in [-0.1, -0.05) is 0 Å². The first-order valence-electron chi connectivity index (χ1n) is 6.49. The number of hydrogen-bond acceptors (Lipinski definition) is 3. The van der Waals surface area contributed by atoms with E-state index in [0.29, 0.717) is 12.6 Å². The summed E-state index contributed by atoms with van der Waals surface area (Å²) in [5.41, 5.74) is 0. The zero-order chi connectivity index (χ0) is 12.3. The van der Waals surface area contributed by atoms with E-state index in [9.17, 15) is 9.59 Å². The number of nitrogens with zero attached hydrogens (tertiary/aromatic N) is 1. The standard InChI is InChI=1S/C12H21N3O2/c1-9-4-2-3-7-15(9)11(16)8-10-12(17)14-6-5-13-10/h9-10,13H,2-8H2,1H3,(H,14,17)/t9-,10-/m0/s1. The number of nitrogens with one attached hydrogen (secondary N) is 2. The number of carbonyl (C=O) groups excluding carboxylic acids is 2. The summed E-state index contributed by atoms with van der Waals surface area (Å²) in [5, 5.41) is 5.87. The van der Waals surface area contributed by atoms with Crippen molar-refractivity contribution in [2.24, 2.45) is 0 Å². The molecule has 0 spiro atoms. The third-order valence-corrected chi connectivity index (χ3v) is 3.63. The van der Waals surface area contributed by atoms with Crippen LogP contribution in [0.4, 0.5) is 0 Å². The third-order valence-electron chi connectivity index (χ3n) is 3.63. The van der Waals surface area contributed by atoms with Crippen LogP contribution in [0.2, 0.25) is 0 Å². The average molecular weight is 239 g/mol. The lowest BCUT2D eigenvalue weighted by atomic mass is 10.0. The fourth-order valence-electron chi connectivity index (χ4n) is 2.57. The summed E-state index contributed by atoms with van der Waals surface area (Å²) in [6, 6.07) is -0.0201. The van der Waals surface area contributed by atoms with Crippen molar-refractivity contribution in [2.75, 3.05) is 19.6 Å². The number of rotatable bonds is 2. The molecule has 2 N–H and O–H groups in total. The van der Waals surface area contributed by atoms with Gasteiger partial charge in [0.2, 0.25) is 11.8 Å². The highest BCUT2D eigenvalue weighted by atomic mass is 16.2. The first-order valence-corrected chi connectivity index (χ1v) is 6.49. The van der Waals surface area contributed by atoms with Gasteiger partial charge >= 0.3 is 0 Å².